The van der Waals surface area contributed by atoms with Crippen LogP contribution < -0.4 is 10.5 Å². The summed E-state index contributed by atoms with van der Waals surface area (Å²) in [5.41, 5.74) is 7.37. The average Bonchev–Trinajstić information content (AvgIpc) is 2.61. The Labute approximate surface area is 145 Å². The first-order valence-corrected chi connectivity index (χ1v) is 8.44. The van der Waals surface area contributed by atoms with Gasteiger partial charge >= 0.3 is 5.97 Å². The van der Waals surface area contributed by atoms with E-state index >= 15 is 0 Å². The molecule has 128 valence electrons. The second-order valence-corrected chi connectivity index (χ2v) is 6.23. The summed E-state index contributed by atoms with van der Waals surface area (Å²) in [5, 5.41) is 9.93. The Kier molecular flexibility index (Phi) is 6.52. The van der Waals surface area contributed by atoms with Gasteiger partial charge in [0.15, 0.2) is 6.10 Å². The maximum Gasteiger partial charge on any atom is 0.336 e. The summed E-state index contributed by atoms with van der Waals surface area (Å²) in [6.45, 7) is 1.92. The van der Waals surface area contributed by atoms with Crippen molar-refractivity contribution in [2.24, 2.45) is 0 Å². The molecule has 0 aliphatic carbocycles. The number of thioether (sulfide) groups is 1. The smallest absolute Gasteiger partial charge is 0.336 e. The Morgan fingerprint density at radius 3 is 2.46 bits per heavy atom. The lowest BCUT2D eigenvalue weighted by Gasteiger charge is -2.22. The Morgan fingerprint density at radius 1 is 1.21 bits per heavy atom. The summed E-state index contributed by atoms with van der Waals surface area (Å²) in [5.74, 6) is 0.0488. The maximum atomic E-state index is 12.0. The second kappa shape index (κ2) is 8.61. The highest BCUT2D eigenvalue weighted by molar-refractivity contribution is 7.99. The number of carbonyl (C=O) groups excluding carboxylic acids is 1. The molecule has 3 N–H and O–H groups in total. The minimum Gasteiger partial charge on any atom is -0.497 e. The number of anilines is 1. The number of aliphatic hydroxyl groups is 1. The van der Waals surface area contributed by atoms with Gasteiger partial charge in [0.2, 0.25) is 0 Å². The summed E-state index contributed by atoms with van der Waals surface area (Å²) in [7, 11) is 1.58. The number of ether oxygens (including phenoxy) is 2. The first-order chi connectivity index (χ1) is 11.6. The first-order valence-electron chi connectivity index (χ1n) is 7.56. The third kappa shape index (κ3) is 4.43. The molecular weight excluding hydrogens is 326 g/mol. The zero-order valence-electron chi connectivity index (χ0n) is 13.6. The Balaban J connectivity index is 2.32. The number of nitrogen functional groups attached to an aromatic ring is 1. The zero-order chi connectivity index (χ0) is 17.5. The lowest BCUT2D eigenvalue weighted by atomic mass is 10.1. The summed E-state index contributed by atoms with van der Waals surface area (Å²) in [4.78, 5) is 12.8. The summed E-state index contributed by atoms with van der Waals surface area (Å²) in [6.07, 6.45) is -1.30. The Bertz CT molecular complexity index is 675. The van der Waals surface area contributed by atoms with Gasteiger partial charge < -0.3 is 20.3 Å². The number of esters is 1. The highest BCUT2D eigenvalue weighted by atomic mass is 32.2. The number of rotatable bonds is 7. The number of methoxy groups -OCH3 is 1. The van der Waals surface area contributed by atoms with Crippen molar-refractivity contribution in [1.29, 1.82) is 0 Å². The van der Waals surface area contributed by atoms with Crippen molar-refractivity contribution in [1.82, 2.24) is 0 Å². The topological polar surface area (TPSA) is 81.8 Å². The van der Waals surface area contributed by atoms with Crippen molar-refractivity contribution in [3.63, 3.8) is 0 Å². The van der Waals surface area contributed by atoms with E-state index in [1.54, 1.807) is 32.2 Å². The average molecular weight is 347 g/mol. The molecule has 2 aromatic rings. The van der Waals surface area contributed by atoms with Crippen molar-refractivity contribution in [2.75, 3.05) is 19.5 Å². The number of nitrogens with two attached hydrogens (primary N) is 1. The van der Waals surface area contributed by atoms with E-state index in [4.69, 9.17) is 15.2 Å². The summed E-state index contributed by atoms with van der Waals surface area (Å²) >= 11 is 1.33. The molecule has 0 unspecified atom stereocenters. The van der Waals surface area contributed by atoms with E-state index in [1.165, 1.54) is 11.8 Å². The van der Waals surface area contributed by atoms with Crippen LogP contribution in [0.4, 0.5) is 5.69 Å². The van der Waals surface area contributed by atoms with Crippen LogP contribution in [0.2, 0.25) is 0 Å². The van der Waals surface area contributed by atoms with Crippen molar-refractivity contribution >= 4 is 23.4 Å². The molecule has 0 radical (unpaired) electrons. The van der Waals surface area contributed by atoms with Gasteiger partial charge in [-0.2, -0.15) is 0 Å². The van der Waals surface area contributed by atoms with E-state index in [9.17, 15) is 9.90 Å². The molecule has 6 heteroatoms. The van der Waals surface area contributed by atoms with Gasteiger partial charge in [0.25, 0.3) is 0 Å². The fraction of sp³-hybridized carbons (Fsp3) is 0.278. The molecule has 0 aromatic heterocycles. The SMILES string of the molecule is CCOC(=O)[C@@H](O)[C@@H](Sc1ccccc1N)c1ccc(OC)cc1. The molecule has 2 aromatic carbocycles. The van der Waals surface area contributed by atoms with E-state index in [2.05, 4.69) is 0 Å². The van der Waals surface area contributed by atoms with Crippen LogP contribution in [0.1, 0.15) is 17.7 Å². The number of benzene rings is 2. The fourth-order valence-electron chi connectivity index (χ4n) is 2.18. The van der Waals surface area contributed by atoms with E-state index < -0.39 is 17.3 Å². The molecule has 0 bridgehead atoms. The minimum absolute atomic E-state index is 0.212. The highest BCUT2D eigenvalue weighted by Crippen LogP contribution is 2.41. The largest absolute Gasteiger partial charge is 0.497 e. The predicted molar refractivity (Wildman–Crippen MR) is 95.1 cm³/mol. The van der Waals surface area contributed by atoms with Gasteiger partial charge in [-0.05, 0) is 36.8 Å². The standard InChI is InChI=1S/C18H21NO4S/c1-3-23-18(21)16(20)17(12-8-10-13(22-2)11-9-12)24-15-7-5-4-6-14(15)19/h4-11,16-17,20H,3,19H2,1-2H3/t16-,17-/m0/s1. The summed E-state index contributed by atoms with van der Waals surface area (Å²) < 4.78 is 10.1. The molecule has 0 saturated carbocycles. The van der Waals surface area contributed by atoms with Crippen LogP contribution in [0.3, 0.4) is 0 Å². The van der Waals surface area contributed by atoms with Crippen LogP contribution in [0.25, 0.3) is 0 Å². The molecule has 0 saturated heterocycles. The van der Waals surface area contributed by atoms with E-state index in [0.717, 1.165) is 10.5 Å². The minimum atomic E-state index is -1.30. The monoisotopic (exact) mass is 347 g/mol. The number of carbonyl (C=O) groups is 1. The normalized spacial score (nSPS) is 13.1. The summed E-state index contributed by atoms with van der Waals surface area (Å²) in [6, 6.07) is 14.5. The van der Waals surface area contributed by atoms with Crippen LogP contribution in [0.5, 0.6) is 5.75 Å². The molecule has 5 nitrogen and oxygen atoms in total. The van der Waals surface area contributed by atoms with Crippen molar-refractivity contribution in [2.45, 2.75) is 23.2 Å². The van der Waals surface area contributed by atoms with Crippen molar-refractivity contribution in [3.05, 3.63) is 54.1 Å². The highest BCUT2D eigenvalue weighted by Gasteiger charge is 2.30. The third-order valence-corrected chi connectivity index (χ3v) is 4.84. The quantitative estimate of drug-likeness (QED) is 0.455. The van der Waals surface area contributed by atoms with Crippen LogP contribution in [-0.2, 0) is 9.53 Å². The van der Waals surface area contributed by atoms with Gasteiger partial charge in [-0.15, -0.1) is 11.8 Å². The molecule has 2 atom stereocenters. The maximum absolute atomic E-state index is 12.0. The first kappa shape index (κ1) is 18.2. The van der Waals surface area contributed by atoms with Crippen LogP contribution >= 0.6 is 11.8 Å². The molecule has 0 heterocycles. The molecule has 0 fully saturated rings. The Hall–Kier alpha value is -2.18. The van der Waals surface area contributed by atoms with Crippen molar-refractivity contribution < 1.29 is 19.4 Å². The molecule has 0 aliphatic rings. The molecule has 24 heavy (non-hydrogen) atoms. The Morgan fingerprint density at radius 2 is 1.88 bits per heavy atom. The van der Waals surface area contributed by atoms with E-state index in [1.807, 2.05) is 30.3 Å². The van der Waals surface area contributed by atoms with Crippen LogP contribution in [0, 0.1) is 0 Å². The fourth-order valence-corrected chi connectivity index (χ4v) is 3.35. The number of para-hydroxylation sites is 1. The van der Waals surface area contributed by atoms with Gasteiger partial charge in [0.05, 0.1) is 19.0 Å². The molecule has 2 rings (SSSR count). The van der Waals surface area contributed by atoms with Crippen LogP contribution in [0.15, 0.2) is 53.4 Å². The van der Waals surface area contributed by atoms with Gasteiger partial charge in [-0.25, -0.2) is 4.79 Å². The second-order valence-electron chi connectivity index (χ2n) is 5.05. The van der Waals surface area contributed by atoms with E-state index in [-0.39, 0.29) is 6.61 Å². The number of aliphatic hydroxyl groups excluding tert-OH is 1. The number of hydrogen-bond acceptors (Lipinski definition) is 6. The molecular formula is C18H21NO4S. The number of hydrogen-bond donors (Lipinski definition) is 2. The van der Waals surface area contributed by atoms with Gasteiger partial charge in [0, 0.05) is 10.6 Å². The third-order valence-electron chi connectivity index (χ3n) is 3.43. The van der Waals surface area contributed by atoms with E-state index in [0.29, 0.717) is 11.4 Å². The lowest BCUT2D eigenvalue weighted by Crippen LogP contribution is -2.28. The molecule has 0 aliphatic heterocycles. The zero-order valence-corrected chi connectivity index (χ0v) is 14.5. The van der Waals surface area contributed by atoms with Crippen LogP contribution in [-0.4, -0.2) is 30.9 Å². The van der Waals surface area contributed by atoms with Crippen molar-refractivity contribution in [3.8, 4) is 5.75 Å². The molecule has 0 amide bonds. The lowest BCUT2D eigenvalue weighted by molar-refractivity contribution is -0.153. The predicted octanol–water partition coefficient (Wildman–Crippen LogP) is 3.03. The van der Waals surface area contributed by atoms with Gasteiger partial charge in [-0.3, -0.25) is 0 Å². The van der Waals surface area contributed by atoms with Gasteiger partial charge in [-0.1, -0.05) is 24.3 Å². The molecule has 0 spiro atoms. The van der Waals surface area contributed by atoms with Gasteiger partial charge in [0.1, 0.15) is 5.75 Å².